The van der Waals surface area contributed by atoms with Crippen LogP contribution in [0, 0.1) is 12.8 Å². The zero-order valence-electron chi connectivity index (χ0n) is 14.8. The molecule has 0 heterocycles. The van der Waals surface area contributed by atoms with Crippen molar-refractivity contribution in [1.82, 2.24) is 5.32 Å². The normalized spacial score (nSPS) is 15.5. The number of carbonyl (C=O) groups is 1. The van der Waals surface area contributed by atoms with Gasteiger partial charge in [0, 0.05) is 18.2 Å². The molecule has 0 saturated heterocycles. The van der Waals surface area contributed by atoms with Gasteiger partial charge in [-0.05, 0) is 55.5 Å². The van der Waals surface area contributed by atoms with Crippen LogP contribution in [0.3, 0.4) is 0 Å². The summed E-state index contributed by atoms with van der Waals surface area (Å²) in [6, 6.07) is 13.5. The SMILES string of the molecule is Cc1ccc(S(=O)(=O)Cc2ccc(C(=O)NC(CN)C3CC3)cc2)cc1. The lowest BCUT2D eigenvalue weighted by Gasteiger charge is -2.16. The van der Waals surface area contributed by atoms with Crippen LogP contribution in [0.2, 0.25) is 0 Å². The van der Waals surface area contributed by atoms with Gasteiger partial charge in [0.2, 0.25) is 0 Å². The summed E-state index contributed by atoms with van der Waals surface area (Å²) in [5.74, 6) is 0.231. The third-order valence-electron chi connectivity index (χ3n) is 4.71. The first-order chi connectivity index (χ1) is 12.4. The molecule has 1 atom stereocenters. The maximum atomic E-state index is 12.5. The summed E-state index contributed by atoms with van der Waals surface area (Å²) in [4.78, 5) is 12.6. The van der Waals surface area contributed by atoms with Crippen molar-refractivity contribution in [3.8, 4) is 0 Å². The second-order valence-corrected chi connectivity index (χ2v) is 8.91. The number of nitrogens with two attached hydrogens (primary N) is 1. The van der Waals surface area contributed by atoms with Crippen molar-refractivity contribution in [2.24, 2.45) is 11.7 Å². The van der Waals surface area contributed by atoms with Crippen molar-refractivity contribution in [2.75, 3.05) is 6.54 Å². The number of benzene rings is 2. The molecule has 1 aliphatic rings. The summed E-state index contributed by atoms with van der Waals surface area (Å²) in [7, 11) is -3.41. The van der Waals surface area contributed by atoms with E-state index in [4.69, 9.17) is 5.73 Å². The number of amides is 1. The molecule has 5 nitrogen and oxygen atoms in total. The van der Waals surface area contributed by atoms with Crippen LogP contribution in [0.1, 0.15) is 34.3 Å². The number of nitrogens with one attached hydrogen (secondary N) is 1. The first-order valence-corrected chi connectivity index (χ1v) is 10.4. The molecule has 2 aromatic carbocycles. The van der Waals surface area contributed by atoms with E-state index in [-0.39, 0.29) is 17.7 Å². The largest absolute Gasteiger partial charge is 0.348 e. The van der Waals surface area contributed by atoms with E-state index in [1.54, 1.807) is 48.5 Å². The summed E-state index contributed by atoms with van der Waals surface area (Å²) in [5.41, 5.74) is 7.90. The van der Waals surface area contributed by atoms with Gasteiger partial charge in [0.05, 0.1) is 10.6 Å². The molecule has 3 rings (SSSR count). The van der Waals surface area contributed by atoms with Crippen LogP contribution in [-0.2, 0) is 15.6 Å². The Morgan fingerprint density at radius 1 is 1.12 bits per heavy atom. The zero-order chi connectivity index (χ0) is 18.7. The average Bonchev–Trinajstić information content (AvgIpc) is 3.45. The van der Waals surface area contributed by atoms with Crippen molar-refractivity contribution in [3.63, 3.8) is 0 Å². The minimum atomic E-state index is -3.41. The summed E-state index contributed by atoms with van der Waals surface area (Å²) in [6.07, 6.45) is 2.22. The summed E-state index contributed by atoms with van der Waals surface area (Å²) < 4.78 is 25.0. The van der Waals surface area contributed by atoms with Crippen LogP contribution in [-0.4, -0.2) is 26.9 Å². The third kappa shape index (κ3) is 4.51. The van der Waals surface area contributed by atoms with Crippen molar-refractivity contribution in [3.05, 3.63) is 65.2 Å². The van der Waals surface area contributed by atoms with Gasteiger partial charge in [-0.25, -0.2) is 8.42 Å². The first-order valence-electron chi connectivity index (χ1n) is 8.78. The Balaban J connectivity index is 1.67. The van der Waals surface area contributed by atoms with Gasteiger partial charge in [0.1, 0.15) is 0 Å². The van der Waals surface area contributed by atoms with Crippen molar-refractivity contribution >= 4 is 15.7 Å². The molecule has 0 radical (unpaired) electrons. The maximum absolute atomic E-state index is 12.5. The van der Waals surface area contributed by atoms with Gasteiger partial charge >= 0.3 is 0 Å². The highest BCUT2D eigenvalue weighted by atomic mass is 32.2. The molecule has 1 fully saturated rings. The maximum Gasteiger partial charge on any atom is 0.251 e. The molecule has 3 N–H and O–H groups in total. The van der Waals surface area contributed by atoms with E-state index >= 15 is 0 Å². The summed E-state index contributed by atoms with van der Waals surface area (Å²) in [6.45, 7) is 2.35. The molecule has 0 spiro atoms. The Bertz CT molecular complexity index is 870. The number of aryl methyl sites for hydroxylation is 1. The second-order valence-electron chi connectivity index (χ2n) is 6.92. The second kappa shape index (κ2) is 7.60. The molecule has 1 aliphatic carbocycles. The van der Waals surface area contributed by atoms with E-state index in [1.807, 2.05) is 6.92 Å². The molecule has 0 aromatic heterocycles. The highest BCUT2D eigenvalue weighted by Gasteiger charge is 2.31. The van der Waals surface area contributed by atoms with E-state index in [0.717, 1.165) is 18.4 Å². The Morgan fingerprint density at radius 3 is 2.27 bits per heavy atom. The van der Waals surface area contributed by atoms with Crippen LogP contribution >= 0.6 is 0 Å². The number of hydrogen-bond acceptors (Lipinski definition) is 4. The monoisotopic (exact) mass is 372 g/mol. The lowest BCUT2D eigenvalue weighted by molar-refractivity contribution is 0.0933. The van der Waals surface area contributed by atoms with Crippen LogP contribution in [0.4, 0.5) is 0 Å². The molecule has 2 aromatic rings. The predicted molar refractivity (Wildman–Crippen MR) is 102 cm³/mol. The smallest absolute Gasteiger partial charge is 0.251 e. The lowest BCUT2D eigenvalue weighted by atomic mass is 10.1. The fourth-order valence-corrected chi connectivity index (χ4v) is 4.27. The highest BCUT2D eigenvalue weighted by molar-refractivity contribution is 7.90. The summed E-state index contributed by atoms with van der Waals surface area (Å²) in [5, 5.41) is 2.96. The highest BCUT2D eigenvalue weighted by Crippen LogP contribution is 2.32. The zero-order valence-corrected chi connectivity index (χ0v) is 15.6. The van der Waals surface area contributed by atoms with Crippen LogP contribution < -0.4 is 11.1 Å². The summed E-state index contributed by atoms with van der Waals surface area (Å²) >= 11 is 0. The molecule has 138 valence electrons. The van der Waals surface area contributed by atoms with Crippen molar-refractivity contribution in [2.45, 2.75) is 36.5 Å². The molecule has 6 heteroatoms. The molecule has 0 aliphatic heterocycles. The first kappa shape index (κ1) is 18.6. The molecule has 1 unspecified atom stereocenters. The van der Waals surface area contributed by atoms with Gasteiger partial charge < -0.3 is 11.1 Å². The quantitative estimate of drug-likeness (QED) is 0.781. The average molecular weight is 372 g/mol. The van der Waals surface area contributed by atoms with Crippen molar-refractivity contribution in [1.29, 1.82) is 0 Å². The van der Waals surface area contributed by atoms with E-state index in [0.29, 0.717) is 28.5 Å². The number of carbonyl (C=O) groups excluding carboxylic acids is 1. The van der Waals surface area contributed by atoms with Gasteiger partial charge in [-0.1, -0.05) is 29.8 Å². The topological polar surface area (TPSA) is 89.3 Å². The molecule has 1 saturated carbocycles. The van der Waals surface area contributed by atoms with Gasteiger partial charge in [-0.2, -0.15) is 0 Å². The van der Waals surface area contributed by atoms with E-state index in [1.165, 1.54) is 0 Å². The Kier molecular flexibility index (Phi) is 5.44. The lowest BCUT2D eigenvalue weighted by Crippen LogP contribution is -2.41. The van der Waals surface area contributed by atoms with E-state index in [9.17, 15) is 13.2 Å². The van der Waals surface area contributed by atoms with E-state index in [2.05, 4.69) is 5.32 Å². The minimum absolute atomic E-state index is 0.0177. The molecule has 0 bridgehead atoms. The van der Waals surface area contributed by atoms with Crippen LogP contribution in [0.25, 0.3) is 0 Å². The molecule has 1 amide bonds. The Labute approximate surface area is 154 Å². The number of sulfone groups is 1. The standard InChI is InChI=1S/C20H24N2O3S/c1-14-2-10-18(11-3-14)26(24,25)13-15-4-6-17(7-5-15)20(23)22-19(12-21)16-8-9-16/h2-7,10-11,16,19H,8-9,12-13,21H2,1H3,(H,22,23). The van der Waals surface area contributed by atoms with Crippen LogP contribution in [0.5, 0.6) is 0 Å². The fourth-order valence-electron chi connectivity index (χ4n) is 2.92. The Hall–Kier alpha value is -2.18. The molecular weight excluding hydrogens is 348 g/mol. The molecular formula is C20H24N2O3S. The van der Waals surface area contributed by atoms with Crippen LogP contribution in [0.15, 0.2) is 53.4 Å². The number of rotatable bonds is 7. The van der Waals surface area contributed by atoms with Crippen molar-refractivity contribution < 1.29 is 13.2 Å². The fraction of sp³-hybridized carbons (Fsp3) is 0.350. The predicted octanol–water partition coefficient (Wildman–Crippen LogP) is 2.44. The van der Waals surface area contributed by atoms with E-state index < -0.39 is 9.84 Å². The Morgan fingerprint density at radius 2 is 1.73 bits per heavy atom. The van der Waals surface area contributed by atoms with Gasteiger partial charge in [-0.15, -0.1) is 0 Å². The third-order valence-corrected chi connectivity index (χ3v) is 6.42. The number of hydrogen-bond donors (Lipinski definition) is 2. The van der Waals surface area contributed by atoms with Gasteiger partial charge in [0.25, 0.3) is 5.91 Å². The molecule has 26 heavy (non-hydrogen) atoms. The van der Waals surface area contributed by atoms with Gasteiger partial charge in [0.15, 0.2) is 9.84 Å². The minimum Gasteiger partial charge on any atom is -0.348 e. The van der Waals surface area contributed by atoms with Gasteiger partial charge in [-0.3, -0.25) is 4.79 Å².